The van der Waals surface area contributed by atoms with Crippen LogP contribution < -0.4 is 10.6 Å². The molecule has 0 spiro atoms. The van der Waals surface area contributed by atoms with Crippen molar-refractivity contribution in [2.45, 2.75) is 13.3 Å². The maximum atomic E-state index is 12.5. The summed E-state index contributed by atoms with van der Waals surface area (Å²) in [4.78, 5) is 25.5. The number of nitrogens with zero attached hydrogens (tertiary/aromatic N) is 5. The summed E-state index contributed by atoms with van der Waals surface area (Å²) >= 11 is 0. The number of rotatable bonds is 6. The average Bonchev–Trinajstić information content (AvgIpc) is 3.22. The Hall–Kier alpha value is -3.81. The summed E-state index contributed by atoms with van der Waals surface area (Å²) in [6, 6.07) is 11.1. The number of aromatic nitrogens is 5. The molecular formula is C20H19N7O. The summed E-state index contributed by atoms with van der Waals surface area (Å²) in [5, 5.41) is 10.7. The Kier molecular flexibility index (Phi) is 4.92. The van der Waals surface area contributed by atoms with Gasteiger partial charge in [0.25, 0.3) is 5.91 Å². The molecule has 0 fully saturated rings. The molecule has 28 heavy (non-hydrogen) atoms. The van der Waals surface area contributed by atoms with Crippen LogP contribution in [-0.2, 0) is 0 Å². The van der Waals surface area contributed by atoms with Crippen LogP contribution >= 0.6 is 0 Å². The smallest absolute Gasteiger partial charge is 0.254 e. The first kappa shape index (κ1) is 17.6. The molecular weight excluding hydrogens is 354 g/mol. The van der Waals surface area contributed by atoms with Crippen LogP contribution in [0.5, 0.6) is 0 Å². The van der Waals surface area contributed by atoms with Gasteiger partial charge >= 0.3 is 0 Å². The highest BCUT2D eigenvalue weighted by atomic mass is 16.1. The van der Waals surface area contributed by atoms with E-state index in [2.05, 4.69) is 30.7 Å². The summed E-state index contributed by atoms with van der Waals surface area (Å²) < 4.78 is 1.73. The molecule has 0 atom stereocenters. The molecule has 0 aliphatic heterocycles. The average molecular weight is 373 g/mol. The Morgan fingerprint density at radius 3 is 2.89 bits per heavy atom. The van der Waals surface area contributed by atoms with E-state index in [4.69, 9.17) is 0 Å². The fourth-order valence-electron chi connectivity index (χ4n) is 2.78. The molecule has 0 saturated carbocycles. The third-order valence-electron chi connectivity index (χ3n) is 4.14. The van der Waals surface area contributed by atoms with Crippen molar-refractivity contribution in [3.8, 4) is 11.5 Å². The molecule has 0 radical (unpaired) electrons. The maximum absolute atomic E-state index is 12.5. The number of carbonyl (C=O) groups is 1. The normalized spacial score (nSPS) is 10.8. The molecule has 140 valence electrons. The molecule has 0 saturated heterocycles. The van der Waals surface area contributed by atoms with E-state index in [0.29, 0.717) is 35.1 Å². The van der Waals surface area contributed by atoms with Crippen LogP contribution in [0.3, 0.4) is 0 Å². The molecule has 4 heterocycles. The number of anilines is 2. The largest absolute Gasteiger partial charge is 0.352 e. The van der Waals surface area contributed by atoms with Crippen molar-refractivity contribution in [3.63, 3.8) is 0 Å². The maximum Gasteiger partial charge on any atom is 0.254 e. The number of nitrogens with one attached hydrogen (secondary N) is 2. The molecule has 0 aliphatic carbocycles. The van der Waals surface area contributed by atoms with Gasteiger partial charge in [-0.3, -0.25) is 14.8 Å². The Morgan fingerprint density at radius 2 is 2.07 bits per heavy atom. The predicted octanol–water partition coefficient (Wildman–Crippen LogP) is 3.07. The molecule has 0 bridgehead atoms. The van der Waals surface area contributed by atoms with Gasteiger partial charge in [-0.05, 0) is 36.8 Å². The fourth-order valence-corrected chi connectivity index (χ4v) is 2.78. The Labute approximate surface area is 161 Å². The van der Waals surface area contributed by atoms with Crippen LogP contribution in [0.4, 0.5) is 11.5 Å². The number of hydrogen-bond donors (Lipinski definition) is 2. The lowest BCUT2D eigenvalue weighted by atomic mass is 10.2. The van der Waals surface area contributed by atoms with Crippen molar-refractivity contribution in [3.05, 3.63) is 66.7 Å². The highest BCUT2D eigenvalue weighted by Gasteiger charge is 2.15. The summed E-state index contributed by atoms with van der Waals surface area (Å²) in [7, 11) is 0. The Balaban J connectivity index is 1.75. The number of hydrogen-bond acceptors (Lipinski definition) is 6. The van der Waals surface area contributed by atoms with Crippen molar-refractivity contribution < 1.29 is 4.79 Å². The quantitative estimate of drug-likeness (QED) is 0.539. The van der Waals surface area contributed by atoms with Gasteiger partial charge in [-0.25, -0.2) is 9.50 Å². The molecule has 1 amide bonds. The van der Waals surface area contributed by atoms with Gasteiger partial charge in [-0.15, -0.1) is 5.10 Å². The standard InChI is InChI=1S/C20H19N7O/c1-2-9-23-20(28)14-13-21-11-8-15(14)24-19-17-7-5-12-27(17)26-18(25-19)16-6-3-4-10-22-16/h3-8,10-13H,2,9H2,1H3,(H,23,28)(H,21,24,25,26). The lowest BCUT2D eigenvalue weighted by Crippen LogP contribution is -2.25. The minimum absolute atomic E-state index is 0.178. The predicted molar refractivity (Wildman–Crippen MR) is 106 cm³/mol. The van der Waals surface area contributed by atoms with E-state index in [1.165, 1.54) is 0 Å². The van der Waals surface area contributed by atoms with Crippen molar-refractivity contribution in [1.82, 2.24) is 29.9 Å². The second kappa shape index (κ2) is 7.83. The molecule has 2 N–H and O–H groups in total. The van der Waals surface area contributed by atoms with Crippen LogP contribution in [-0.4, -0.2) is 37.0 Å². The van der Waals surface area contributed by atoms with Gasteiger partial charge in [-0.2, -0.15) is 0 Å². The van der Waals surface area contributed by atoms with E-state index < -0.39 is 0 Å². The third-order valence-corrected chi connectivity index (χ3v) is 4.14. The zero-order chi connectivity index (χ0) is 19.3. The van der Waals surface area contributed by atoms with E-state index in [9.17, 15) is 4.79 Å². The summed E-state index contributed by atoms with van der Waals surface area (Å²) in [5.74, 6) is 0.886. The van der Waals surface area contributed by atoms with Gasteiger partial charge in [0.2, 0.25) is 5.82 Å². The molecule has 4 aromatic heterocycles. The highest BCUT2D eigenvalue weighted by molar-refractivity contribution is 6.00. The van der Waals surface area contributed by atoms with Gasteiger partial charge in [0.05, 0.1) is 11.3 Å². The first-order chi connectivity index (χ1) is 13.8. The van der Waals surface area contributed by atoms with Crippen molar-refractivity contribution >= 4 is 22.9 Å². The van der Waals surface area contributed by atoms with Crippen LogP contribution in [0, 0.1) is 0 Å². The molecule has 0 aromatic carbocycles. The number of amides is 1. The minimum atomic E-state index is -0.178. The Morgan fingerprint density at radius 1 is 1.14 bits per heavy atom. The molecule has 4 aromatic rings. The van der Waals surface area contributed by atoms with Crippen LogP contribution in [0.25, 0.3) is 17.0 Å². The van der Waals surface area contributed by atoms with E-state index in [1.54, 1.807) is 29.2 Å². The summed E-state index contributed by atoms with van der Waals surface area (Å²) in [5.41, 5.74) is 2.53. The van der Waals surface area contributed by atoms with E-state index >= 15 is 0 Å². The van der Waals surface area contributed by atoms with Crippen molar-refractivity contribution in [1.29, 1.82) is 0 Å². The Bertz CT molecular complexity index is 1110. The molecule has 4 rings (SSSR count). The van der Waals surface area contributed by atoms with E-state index in [0.717, 1.165) is 11.9 Å². The SMILES string of the molecule is CCCNC(=O)c1cnccc1Nc1nc(-c2ccccn2)nn2cccc12. The lowest BCUT2D eigenvalue weighted by molar-refractivity contribution is 0.0954. The second-order valence-corrected chi connectivity index (χ2v) is 6.14. The summed E-state index contributed by atoms with van der Waals surface area (Å²) in [6.07, 6.45) is 7.58. The monoisotopic (exact) mass is 373 g/mol. The van der Waals surface area contributed by atoms with Gasteiger partial charge in [-0.1, -0.05) is 13.0 Å². The first-order valence-electron chi connectivity index (χ1n) is 9.02. The van der Waals surface area contributed by atoms with Gasteiger partial charge in [0.1, 0.15) is 11.2 Å². The molecule has 8 heteroatoms. The first-order valence-corrected chi connectivity index (χ1v) is 9.02. The molecule has 0 unspecified atom stereocenters. The topological polar surface area (TPSA) is 97.1 Å². The van der Waals surface area contributed by atoms with Gasteiger partial charge in [0.15, 0.2) is 5.82 Å². The number of carbonyl (C=O) groups excluding carboxylic acids is 1. The summed E-state index contributed by atoms with van der Waals surface area (Å²) in [6.45, 7) is 2.61. The molecule has 8 nitrogen and oxygen atoms in total. The highest BCUT2D eigenvalue weighted by Crippen LogP contribution is 2.24. The number of fused-ring (bicyclic) bond motifs is 1. The number of pyridine rings is 2. The van der Waals surface area contributed by atoms with Crippen molar-refractivity contribution in [2.75, 3.05) is 11.9 Å². The lowest BCUT2D eigenvalue weighted by Gasteiger charge is -2.13. The third kappa shape index (κ3) is 3.52. The van der Waals surface area contributed by atoms with Crippen LogP contribution in [0.2, 0.25) is 0 Å². The van der Waals surface area contributed by atoms with Gasteiger partial charge in [0, 0.05) is 31.3 Å². The van der Waals surface area contributed by atoms with E-state index in [1.807, 2.05) is 43.5 Å². The molecule has 0 aliphatic rings. The zero-order valence-corrected chi connectivity index (χ0v) is 15.3. The van der Waals surface area contributed by atoms with Gasteiger partial charge < -0.3 is 10.6 Å². The fraction of sp³-hybridized carbons (Fsp3) is 0.150. The van der Waals surface area contributed by atoms with Crippen LogP contribution in [0.1, 0.15) is 23.7 Å². The van der Waals surface area contributed by atoms with Crippen LogP contribution in [0.15, 0.2) is 61.2 Å². The van der Waals surface area contributed by atoms with Crippen molar-refractivity contribution in [2.24, 2.45) is 0 Å². The second-order valence-electron chi connectivity index (χ2n) is 6.14. The zero-order valence-electron chi connectivity index (χ0n) is 15.3. The van der Waals surface area contributed by atoms with E-state index in [-0.39, 0.29) is 5.91 Å². The minimum Gasteiger partial charge on any atom is -0.352 e.